The lowest BCUT2D eigenvalue weighted by Crippen LogP contribution is -2.32. The Balaban J connectivity index is 0.000000230. The molecule has 6 aromatic heterocycles. The van der Waals surface area contributed by atoms with Crippen molar-refractivity contribution in [2.45, 2.75) is 19.3 Å². The van der Waals surface area contributed by atoms with Gasteiger partial charge >= 0.3 is 18.3 Å². The van der Waals surface area contributed by atoms with Gasteiger partial charge in [0.25, 0.3) is 5.91 Å². The molecule has 8 rings (SSSR count). The van der Waals surface area contributed by atoms with Crippen molar-refractivity contribution in [3.05, 3.63) is 120 Å². The summed E-state index contributed by atoms with van der Waals surface area (Å²) >= 11 is 0. The van der Waals surface area contributed by atoms with Crippen LogP contribution in [0.1, 0.15) is 39.0 Å². The van der Waals surface area contributed by atoms with Crippen molar-refractivity contribution in [2.75, 3.05) is 59.0 Å². The number of carboxylic acids is 1. The van der Waals surface area contributed by atoms with Gasteiger partial charge < -0.3 is 44.2 Å². The highest BCUT2D eigenvalue weighted by Crippen LogP contribution is 2.36. The van der Waals surface area contributed by atoms with Gasteiger partial charge in [0.2, 0.25) is 33.7 Å². The first kappa shape index (κ1) is 56.9. The third-order valence-electron chi connectivity index (χ3n) is 10.8. The van der Waals surface area contributed by atoms with Crippen LogP contribution in [0.4, 0.5) is 49.6 Å². The Bertz CT molecular complexity index is 3610. The van der Waals surface area contributed by atoms with Gasteiger partial charge in [-0.05, 0) is 31.2 Å². The lowest BCUT2D eigenvalue weighted by molar-refractivity contribution is -0.142. The molecule has 0 saturated heterocycles. The molecule has 0 aliphatic rings. The molecule has 0 fully saturated rings. The molecule has 24 nitrogen and oxygen atoms in total. The van der Waals surface area contributed by atoms with Crippen molar-refractivity contribution < 1.29 is 77.9 Å². The zero-order valence-electron chi connectivity index (χ0n) is 42.1. The molecule has 0 unspecified atom stereocenters. The largest absolute Gasteiger partial charge is 0.497 e. The van der Waals surface area contributed by atoms with Crippen molar-refractivity contribution in [1.82, 2.24) is 54.2 Å². The molecule has 0 aliphatic heterocycles. The SMILES string of the molecule is CCS(=O)(=O)NC(=O)c1cc(-c2cnc(Nc3cc(OC)cc(OC)c3)nc2-n2ccc(C(F)(F)F)n2)cnc1OC.COc1cc(Nc2ncc(-c3cnc(OC)c(C(=O)O)c3)c(-n3ccc(C(F)(F)F)n3)n2)cc(OC)c1. The first-order chi connectivity index (χ1) is 37.5. The normalized spacial score (nSPS) is 11.4. The number of pyridine rings is 2. The van der Waals surface area contributed by atoms with Crippen molar-refractivity contribution in [2.24, 2.45) is 0 Å². The standard InChI is InChI=1S/C25H24F3N7O6S.C23H19F3N6O5/c1-5-42(37,38)34-22(36)18-8-14(12-29-23(18)41-4)19-13-30-24(31-15-9-16(39-2)11-17(10-15)40-3)32-21(19)35-7-6-20(33-35)25(26,27)28;1-35-14-7-13(8-15(9-14)36-2)29-22-28-11-17(12-6-16(21(33)34)20(37-3)27-10-12)19(30-22)32-5-4-18(31-32)23(24,25)26/h6-13H,5H2,1-4H3,(H,34,36)(H,30,31,32);4-11H,1-3H3,(H,33,34)(H,28,29,30). The van der Waals surface area contributed by atoms with Gasteiger partial charge in [-0.3, -0.25) is 4.79 Å². The summed E-state index contributed by atoms with van der Waals surface area (Å²) in [6.07, 6.45) is -2.12. The van der Waals surface area contributed by atoms with E-state index >= 15 is 0 Å². The summed E-state index contributed by atoms with van der Waals surface area (Å²) in [5, 5.41) is 22.6. The van der Waals surface area contributed by atoms with Crippen molar-refractivity contribution in [3.8, 4) is 68.6 Å². The fourth-order valence-electron chi connectivity index (χ4n) is 6.93. The number of methoxy groups -OCH3 is 6. The predicted molar refractivity (Wildman–Crippen MR) is 267 cm³/mol. The number of aromatic carboxylic acids is 1. The Morgan fingerprint density at radius 3 is 1.30 bits per heavy atom. The molecule has 0 radical (unpaired) electrons. The second-order valence-electron chi connectivity index (χ2n) is 15.8. The molecule has 414 valence electrons. The van der Waals surface area contributed by atoms with Crippen LogP contribution in [0, 0.1) is 0 Å². The highest BCUT2D eigenvalue weighted by atomic mass is 32.2. The predicted octanol–water partition coefficient (Wildman–Crippen LogP) is 7.80. The average Bonchev–Trinajstić information content (AvgIpc) is 4.21. The van der Waals surface area contributed by atoms with E-state index in [0.717, 1.165) is 33.9 Å². The van der Waals surface area contributed by atoms with Crippen LogP contribution in [-0.2, 0) is 22.4 Å². The second-order valence-corrected chi connectivity index (χ2v) is 17.8. The maximum Gasteiger partial charge on any atom is 0.435 e. The molecule has 0 saturated carbocycles. The van der Waals surface area contributed by atoms with E-state index in [2.05, 4.69) is 50.7 Å². The molecule has 2 aromatic carbocycles. The first-order valence-electron chi connectivity index (χ1n) is 22.4. The molecule has 0 atom stereocenters. The van der Waals surface area contributed by atoms with Crippen LogP contribution in [-0.4, -0.2) is 123 Å². The van der Waals surface area contributed by atoms with E-state index in [-0.39, 0.29) is 74.4 Å². The number of sulfonamides is 1. The van der Waals surface area contributed by atoms with E-state index in [0.29, 0.717) is 34.4 Å². The first-order valence-corrected chi connectivity index (χ1v) is 24.0. The number of nitrogens with one attached hydrogen (secondary N) is 3. The van der Waals surface area contributed by atoms with E-state index in [1.807, 2.05) is 4.72 Å². The van der Waals surface area contributed by atoms with Gasteiger partial charge in [-0.25, -0.2) is 47.2 Å². The van der Waals surface area contributed by atoms with Crippen LogP contribution < -0.4 is 43.8 Å². The van der Waals surface area contributed by atoms with Gasteiger partial charge in [-0.2, -0.15) is 46.5 Å². The Hall–Kier alpha value is -9.81. The lowest BCUT2D eigenvalue weighted by Gasteiger charge is -2.14. The summed E-state index contributed by atoms with van der Waals surface area (Å²) in [7, 11) is 4.45. The molecular formula is C48H43F6N13O11S. The zero-order valence-corrected chi connectivity index (χ0v) is 42.9. The summed E-state index contributed by atoms with van der Waals surface area (Å²) in [5.41, 5.74) is -1.23. The molecule has 31 heteroatoms. The number of hydrogen-bond donors (Lipinski definition) is 4. The van der Waals surface area contributed by atoms with Gasteiger partial charge in [-0.15, -0.1) is 0 Å². The van der Waals surface area contributed by atoms with E-state index in [9.17, 15) is 49.5 Å². The molecule has 4 N–H and O–H groups in total. The van der Waals surface area contributed by atoms with Gasteiger partial charge in [-0.1, -0.05) is 0 Å². The number of amides is 1. The topological polar surface area (TPSA) is 293 Å². The summed E-state index contributed by atoms with van der Waals surface area (Å²) in [6.45, 7) is 1.35. The van der Waals surface area contributed by atoms with Crippen molar-refractivity contribution >= 4 is 45.2 Å². The lowest BCUT2D eigenvalue weighted by atomic mass is 10.1. The van der Waals surface area contributed by atoms with Gasteiger partial charge in [0.15, 0.2) is 23.0 Å². The molecule has 6 heterocycles. The highest BCUT2D eigenvalue weighted by Gasteiger charge is 2.35. The average molecular weight is 1120 g/mol. The molecule has 79 heavy (non-hydrogen) atoms. The van der Waals surface area contributed by atoms with Gasteiger partial charge in [0.05, 0.1) is 48.4 Å². The minimum atomic E-state index is -4.73. The number of carbonyl (C=O) groups is 2. The third kappa shape index (κ3) is 13.6. The number of ether oxygens (including phenoxy) is 6. The number of aromatic nitrogens is 10. The Morgan fingerprint density at radius 1 is 0.570 bits per heavy atom. The molecule has 0 aliphatic carbocycles. The van der Waals surface area contributed by atoms with Crippen LogP contribution in [0.5, 0.6) is 34.8 Å². The van der Waals surface area contributed by atoms with Crippen molar-refractivity contribution in [1.29, 1.82) is 0 Å². The monoisotopic (exact) mass is 1120 g/mol. The second kappa shape index (κ2) is 23.6. The molecular weight excluding hydrogens is 1080 g/mol. The number of anilines is 4. The molecule has 0 spiro atoms. The van der Waals surface area contributed by atoms with Crippen LogP contribution in [0.15, 0.2) is 97.8 Å². The summed E-state index contributed by atoms with van der Waals surface area (Å²) in [6, 6.07) is 13.9. The van der Waals surface area contributed by atoms with E-state index in [4.69, 9.17) is 28.4 Å². The Labute approximate surface area is 443 Å². The fraction of sp³-hybridized carbons (Fsp3) is 0.208. The molecule has 1 amide bonds. The summed E-state index contributed by atoms with van der Waals surface area (Å²) in [4.78, 5) is 49.8. The van der Waals surface area contributed by atoms with E-state index < -0.39 is 45.6 Å². The number of halogens is 6. The van der Waals surface area contributed by atoms with E-state index in [1.165, 1.54) is 86.5 Å². The molecule has 0 bridgehead atoms. The highest BCUT2D eigenvalue weighted by molar-refractivity contribution is 7.90. The summed E-state index contributed by atoms with van der Waals surface area (Å²) in [5.74, 6) is -1.34. The minimum Gasteiger partial charge on any atom is -0.497 e. The maximum atomic E-state index is 13.4. The molecule has 8 aromatic rings. The Morgan fingerprint density at radius 2 is 0.962 bits per heavy atom. The zero-order chi connectivity index (χ0) is 57.4. The summed E-state index contributed by atoms with van der Waals surface area (Å²) < 4.78 is 139. The smallest absolute Gasteiger partial charge is 0.435 e. The quantitative estimate of drug-likeness (QED) is 0.0596. The number of nitrogens with zero attached hydrogens (tertiary/aromatic N) is 10. The van der Waals surface area contributed by atoms with Crippen LogP contribution in [0.3, 0.4) is 0 Å². The maximum absolute atomic E-state index is 13.4. The number of carboxylic acid groups (broad SMARTS) is 1. The van der Waals surface area contributed by atoms with Crippen LogP contribution in [0.25, 0.3) is 33.9 Å². The van der Waals surface area contributed by atoms with Gasteiger partial charge in [0, 0.05) is 107 Å². The van der Waals surface area contributed by atoms with Gasteiger partial charge in [0.1, 0.15) is 34.1 Å². The number of rotatable bonds is 18. The number of alkyl halides is 6. The fourth-order valence-corrected chi connectivity index (χ4v) is 7.47. The van der Waals surface area contributed by atoms with Crippen LogP contribution >= 0.6 is 0 Å². The minimum absolute atomic E-state index is 0.0121. The number of hydrogen-bond acceptors (Lipinski definition) is 20. The number of carbonyl (C=O) groups excluding carboxylic acids is 1. The van der Waals surface area contributed by atoms with Crippen LogP contribution in [0.2, 0.25) is 0 Å². The Kier molecular flexibility index (Phi) is 17.0. The number of benzene rings is 2. The van der Waals surface area contributed by atoms with E-state index in [1.54, 1.807) is 36.4 Å². The van der Waals surface area contributed by atoms with Crippen molar-refractivity contribution in [3.63, 3.8) is 0 Å². The third-order valence-corrected chi connectivity index (χ3v) is 12.0.